The summed E-state index contributed by atoms with van der Waals surface area (Å²) in [6, 6.07) is 14.3. The molecule has 2 rings (SSSR count). The molecule has 6 heteroatoms. The van der Waals surface area contributed by atoms with Crippen LogP contribution in [0.25, 0.3) is 0 Å². The van der Waals surface area contributed by atoms with Crippen molar-refractivity contribution in [2.75, 3.05) is 20.3 Å². The number of benzene rings is 2. The van der Waals surface area contributed by atoms with Gasteiger partial charge in [-0.2, -0.15) is 0 Å². The molecule has 2 aromatic carbocycles. The van der Waals surface area contributed by atoms with Crippen molar-refractivity contribution in [3.05, 3.63) is 59.7 Å². The second-order valence-corrected chi connectivity index (χ2v) is 6.94. The fourth-order valence-corrected chi connectivity index (χ4v) is 2.77. The summed E-state index contributed by atoms with van der Waals surface area (Å²) in [5.74, 6) is 0.862. The molecule has 1 N–H and O–H groups in total. The standard InChI is InChI=1S/C23H30N2O4/c1-5-14-24-23(27)18(3)25(15-19-8-6-17(2)7-9-19)22(26)16-29-21-12-10-20(28-4)11-13-21/h6-13,18H,5,14-16H2,1-4H3,(H,24,27)/t18-/m0/s1. The zero-order valence-electron chi connectivity index (χ0n) is 17.6. The highest BCUT2D eigenvalue weighted by Crippen LogP contribution is 2.17. The monoisotopic (exact) mass is 398 g/mol. The van der Waals surface area contributed by atoms with E-state index >= 15 is 0 Å². The van der Waals surface area contributed by atoms with Gasteiger partial charge < -0.3 is 19.7 Å². The van der Waals surface area contributed by atoms with Gasteiger partial charge in [-0.3, -0.25) is 9.59 Å². The largest absolute Gasteiger partial charge is 0.497 e. The summed E-state index contributed by atoms with van der Waals surface area (Å²) in [5, 5.41) is 2.86. The third-order valence-electron chi connectivity index (χ3n) is 4.61. The Hall–Kier alpha value is -3.02. The molecule has 2 amide bonds. The van der Waals surface area contributed by atoms with Crippen molar-refractivity contribution < 1.29 is 19.1 Å². The molecule has 0 spiro atoms. The zero-order valence-corrected chi connectivity index (χ0v) is 17.6. The van der Waals surface area contributed by atoms with E-state index in [-0.39, 0.29) is 18.4 Å². The molecule has 0 aliphatic heterocycles. The van der Waals surface area contributed by atoms with E-state index < -0.39 is 6.04 Å². The first-order valence-electron chi connectivity index (χ1n) is 9.84. The molecule has 0 heterocycles. The van der Waals surface area contributed by atoms with Crippen molar-refractivity contribution in [3.63, 3.8) is 0 Å². The van der Waals surface area contributed by atoms with Gasteiger partial charge in [0.25, 0.3) is 5.91 Å². The number of carbonyl (C=O) groups excluding carboxylic acids is 2. The third-order valence-corrected chi connectivity index (χ3v) is 4.61. The highest BCUT2D eigenvalue weighted by molar-refractivity contribution is 5.87. The van der Waals surface area contributed by atoms with Crippen LogP contribution in [-0.4, -0.2) is 43.0 Å². The second-order valence-electron chi connectivity index (χ2n) is 6.94. The van der Waals surface area contributed by atoms with E-state index in [4.69, 9.17) is 9.47 Å². The molecule has 0 saturated carbocycles. The zero-order chi connectivity index (χ0) is 21.2. The highest BCUT2D eigenvalue weighted by atomic mass is 16.5. The van der Waals surface area contributed by atoms with Gasteiger partial charge in [0, 0.05) is 13.1 Å². The van der Waals surface area contributed by atoms with E-state index in [0.717, 1.165) is 17.5 Å². The molecule has 0 unspecified atom stereocenters. The Bertz CT molecular complexity index is 788. The highest BCUT2D eigenvalue weighted by Gasteiger charge is 2.26. The number of aryl methyl sites for hydroxylation is 1. The van der Waals surface area contributed by atoms with Crippen LogP contribution in [0.1, 0.15) is 31.4 Å². The number of hydrogen-bond acceptors (Lipinski definition) is 4. The van der Waals surface area contributed by atoms with Crippen molar-refractivity contribution in [1.82, 2.24) is 10.2 Å². The topological polar surface area (TPSA) is 67.9 Å². The molecule has 2 aromatic rings. The lowest BCUT2D eigenvalue weighted by atomic mass is 10.1. The van der Waals surface area contributed by atoms with Crippen LogP contribution in [0.5, 0.6) is 11.5 Å². The summed E-state index contributed by atoms with van der Waals surface area (Å²) >= 11 is 0. The lowest BCUT2D eigenvalue weighted by molar-refractivity contribution is -0.142. The van der Waals surface area contributed by atoms with E-state index in [1.807, 2.05) is 38.1 Å². The van der Waals surface area contributed by atoms with E-state index in [2.05, 4.69) is 5.32 Å². The number of carbonyl (C=O) groups is 2. The van der Waals surface area contributed by atoms with Crippen LogP contribution in [-0.2, 0) is 16.1 Å². The quantitative estimate of drug-likeness (QED) is 0.667. The van der Waals surface area contributed by atoms with E-state index in [0.29, 0.717) is 24.6 Å². The number of nitrogens with zero attached hydrogens (tertiary/aromatic N) is 1. The minimum Gasteiger partial charge on any atom is -0.497 e. The maximum Gasteiger partial charge on any atom is 0.261 e. The van der Waals surface area contributed by atoms with Gasteiger partial charge >= 0.3 is 0 Å². The lowest BCUT2D eigenvalue weighted by Gasteiger charge is -2.28. The molecule has 1 atom stereocenters. The van der Waals surface area contributed by atoms with Crippen molar-refractivity contribution in [2.24, 2.45) is 0 Å². The Balaban J connectivity index is 2.09. The first-order valence-corrected chi connectivity index (χ1v) is 9.84. The molecule has 0 aliphatic rings. The maximum absolute atomic E-state index is 12.9. The summed E-state index contributed by atoms with van der Waals surface area (Å²) in [7, 11) is 1.59. The molecule has 0 bridgehead atoms. The summed E-state index contributed by atoms with van der Waals surface area (Å²) in [4.78, 5) is 27.0. The third kappa shape index (κ3) is 6.82. The molecular formula is C23H30N2O4. The fraction of sp³-hybridized carbons (Fsp3) is 0.391. The molecule has 0 saturated heterocycles. The Morgan fingerprint density at radius 1 is 1.03 bits per heavy atom. The van der Waals surface area contributed by atoms with Crippen LogP contribution in [0, 0.1) is 6.92 Å². The predicted octanol–water partition coefficient (Wildman–Crippen LogP) is 3.33. The average molecular weight is 399 g/mol. The minimum absolute atomic E-state index is 0.149. The Morgan fingerprint density at radius 2 is 1.66 bits per heavy atom. The first-order chi connectivity index (χ1) is 13.9. The van der Waals surface area contributed by atoms with Crippen LogP contribution in [0.15, 0.2) is 48.5 Å². The number of methoxy groups -OCH3 is 1. The van der Waals surface area contributed by atoms with Crippen molar-refractivity contribution >= 4 is 11.8 Å². The van der Waals surface area contributed by atoms with E-state index in [1.165, 1.54) is 0 Å². The van der Waals surface area contributed by atoms with Gasteiger partial charge in [0.2, 0.25) is 5.91 Å². The first kappa shape index (κ1) is 22.3. The van der Waals surface area contributed by atoms with E-state index in [1.54, 1.807) is 43.2 Å². The molecule has 0 radical (unpaired) electrons. The molecule has 0 aliphatic carbocycles. The molecule has 0 aromatic heterocycles. The van der Waals surface area contributed by atoms with Crippen molar-refractivity contribution in [3.8, 4) is 11.5 Å². The Kier molecular flexibility index (Phi) is 8.52. The van der Waals surface area contributed by atoms with Gasteiger partial charge in [-0.15, -0.1) is 0 Å². The van der Waals surface area contributed by atoms with Gasteiger partial charge in [-0.25, -0.2) is 0 Å². The van der Waals surface area contributed by atoms with Crippen molar-refractivity contribution in [2.45, 2.75) is 39.8 Å². The minimum atomic E-state index is -0.602. The normalized spacial score (nSPS) is 11.4. The summed E-state index contributed by atoms with van der Waals surface area (Å²) in [6.45, 7) is 6.51. The van der Waals surface area contributed by atoms with Gasteiger partial charge in [0.05, 0.1) is 7.11 Å². The lowest BCUT2D eigenvalue weighted by Crippen LogP contribution is -2.49. The van der Waals surface area contributed by atoms with Crippen molar-refractivity contribution in [1.29, 1.82) is 0 Å². The van der Waals surface area contributed by atoms with Crippen LogP contribution in [0.3, 0.4) is 0 Å². The number of ether oxygens (including phenoxy) is 2. The van der Waals surface area contributed by atoms with E-state index in [9.17, 15) is 9.59 Å². The van der Waals surface area contributed by atoms with Gasteiger partial charge in [0.15, 0.2) is 6.61 Å². The molecule has 6 nitrogen and oxygen atoms in total. The molecule has 156 valence electrons. The summed E-state index contributed by atoms with van der Waals surface area (Å²) in [6.07, 6.45) is 0.838. The number of amides is 2. The van der Waals surface area contributed by atoms with Crippen LogP contribution >= 0.6 is 0 Å². The number of nitrogens with one attached hydrogen (secondary N) is 1. The second kappa shape index (κ2) is 11.1. The summed E-state index contributed by atoms with van der Waals surface area (Å²) in [5.41, 5.74) is 2.10. The van der Waals surface area contributed by atoms with Gasteiger partial charge in [0.1, 0.15) is 17.5 Å². The SMILES string of the molecule is CCCNC(=O)[C@H](C)N(Cc1ccc(C)cc1)C(=O)COc1ccc(OC)cc1. The van der Waals surface area contributed by atoms with Crippen LogP contribution < -0.4 is 14.8 Å². The van der Waals surface area contributed by atoms with Gasteiger partial charge in [-0.05, 0) is 50.1 Å². The maximum atomic E-state index is 12.9. The number of hydrogen-bond donors (Lipinski definition) is 1. The Labute approximate surface area is 172 Å². The molecule has 0 fully saturated rings. The fourth-order valence-electron chi connectivity index (χ4n) is 2.77. The molecule has 29 heavy (non-hydrogen) atoms. The average Bonchev–Trinajstić information content (AvgIpc) is 2.75. The predicted molar refractivity (Wildman–Crippen MR) is 113 cm³/mol. The number of rotatable bonds is 10. The smallest absolute Gasteiger partial charge is 0.261 e. The summed E-state index contributed by atoms with van der Waals surface area (Å²) < 4.78 is 10.8. The molecular weight excluding hydrogens is 368 g/mol. The van der Waals surface area contributed by atoms with Crippen LogP contribution in [0.2, 0.25) is 0 Å². The van der Waals surface area contributed by atoms with Gasteiger partial charge in [-0.1, -0.05) is 36.8 Å². The Morgan fingerprint density at radius 3 is 2.24 bits per heavy atom. The van der Waals surface area contributed by atoms with Crippen LogP contribution in [0.4, 0.5) is 0 Å².